The Labute approximate surface area is 284 Å². The number of carbonyl (C=O) groups excluding carboxylic acids is 1. The average molecular weight is 702 g/mol. The molecule has 1 aromatic heterocycles. The van der Waals surface area contributed by atoms with Gasteiger partial charge in [-0.15, -0.1) is 0 Å². The molecule has 6 rings (SSSR count). The first-order chi connectivity index (χ1) is 23.3. The number of halogens is 3. The zero-order chi connectivity index (χ0) is 34.8. The number of aromatic nitrogens is 1. The maximum Gasteiger partial charge on any atom is 0.406 e. The molecule has 1 spiro atoms. The maximum absolute atomic E-state index is 13.7. The molecule has 1 aliphatic carbocycles. The van der Waals surface area contributed by atoms with E-state index in [4.69, 9.17) is 9.47 Å². The molecule has 2 saturated heterocycles. The van der Waals surface area contributed by atoms with Gasteiger partial charge in [0.1, 0.15) is 12.3 Å². The fourth-order valence-corrected chi connectivity index (χ4v) is 8.38. The number of anilines is 2. The number of fused-ring (bicyclic) bond motifs is 1. The summed E-state index contributed by atoms with van der Waals surface area (Å²) in [5, 5.41) is 7.35. The van der Waals surface area contributed by atoms with Gasteiger partial charge in [0.25, 0.3) is 10.0 Å². The number of benzene rings is 2. The van der Waals surface area contributed by atoms with Gasteiger partial charge in [0.2, 0.25) is 5.91 Å². The van der Waals surface area contributed by atoms with E-state index in [0.29, 0.717) is 28.0 Å². The number of alkyl halides is 3. The molecule has 2 aromatic carbocycles. The monoisotopic (exact) mass is 701 g/mol. The summed E-state index contributed by atoms with van der Waals surface area (Å²) >= 11 is 0. The van der Waals surface area contributed by atoms with Crippen LogP contribution < -0.4 is 20.1 Å². The third kappa shape index (κ3) is 8.11. The van der Waals surface area contributed by atoms with Gasteiger partial charge in [-0.2, -0.15) is 13.2 Å². The van der Waals surface area contributed by atoms with E-state index in [2.05, 4.69) is 27.4 Å². The smallest absolute Gasteiger partial charge is 0.406 e. The van der Waals surface area contributed by atoms with Crippen molar-refractivity contribution in [2.45, 2.75) is 75.1 Å². The molecule has 10 nitrogen and oxygen atoms in total. The molecule has 14 heteroatoms. The summed E-state index contributed by atoms with van der Waals surface area (Å²) in [4.78, 5) is 13.7. The van der Waals surface area contributed by atoms with Gasteiger partial charge in [0.15, 0.2) is 0 Å². The summed E-state index contributed by atoms with van der Waals surface area (Å²) in [7, 11) is -2.70. The summed E-state index contributed by atoms with van der Waals surface area (Å²) < 4.78 is 79.9. The summed E-state index contributed by atoms with van der Waals surface area (Å²) in [5.74, 6) is 5.26. The van der Waals surface area contributed by atoms with E-state index in [1.54, 1.807) is 18.2 Å². The molecule has 49 heavy (non-hydrogen) atoms. The van der Waals surface area contributed by atoms with E-state index >= 15 is 0 Å². The highest BCUT2D eigenvalue weighted by Gasteiger charge is 2.46. The molecule has 0 radical (unpaired) electrons. The van der Waals surface area contributed by atoms with E-state index in [1.807, 2.05) is 10.8 Å². The van der Waals surface area contributed by atoms with Gasteiger partial charge in [0, 0.05) is 67.9 Å². The van der Waals surface area contributed by atoms with Crippen molar-refractivity contribution >= 4 is 38.2 Å². The number of sulfonamides is 1. The molecule has 264 valence electrons. The second-order valence-corrected chi connectivity index (χ2v) is 15.0. The van der Waals surface area contributed by atoms with Gasteiger partial charge in [0.05, 0.1) is 35.4 Å². The van der Waals surface area contributed by atoms with Gasteiger partial charge in [-0.1, -0.05) is 12.0 Å². The minimum absolute atomic E-state index is 0.0436. The lowest BCUT2D eigenvalue weighted by Gasteiger charge is -2.56. The van der Waals surface area contributed by atoms with Crippen LogP contribution in [0.3, 0.4) is 0 Å². The van der Waals surface area contributed by atoms with E-state index in [1.165, 1.54) is 29.9 Å². The Bertz CT molecular complexity index is 1840. The van der Waals surface area contributed by atoms with Crippen molar-refractivity contribution in [3.8, 4) is 17.6 Å². The average Bonchev–Trinajstić information content (AvgIpc) is 3.38. The van der Waals surface area contributed by atoms with Crippen molar-refractivity contribution in [2.75, 3.05) is 50.6 Å². The number of nitrogens with one attached hydrogen (secondary N) is 3. The third-order valence-electron chi connectivity index (χ3n) is 9.83. The standard InChI is InChI=1S/C35H42F3N5O5S/c1-24(44)41-49(45,46)28-12-13-31(33(20-28)47-2)39-16-4-5-27-19-29-30(6-3-7-32(29)43(27)23-35(36,37)38)40-25-8-10-26(11-9-25)42-21-34(22-42)14-17-48-18-15-34/h3,6-7,12-13,19-20,25-26,39-40H,8-11,14-18,21-23H2,1-2H3,(H,41,44)/t25-,26-. The Morgan fingerprint density at radius 3 is 2.47 bits per heavy atom. The number of hydrogen-bond donors (Lipinski definition) is 3. The van der Waals surface area contributed by atoms with Gasteiger partial charge < -0.3 is 24.7 Å². The summed E-state index contributed by atoms with van der Waals surface area (Å²) in [6, 6.07) is 11.9. The van der Waals surface area contributed by atoms with Crippen LogP contribution in [0.2, 0.25) is 0 Å². The third-order valence-corrected chi connectivity index (χ3v) is 11.3. The van der Waals surface area contributed by atoms with Crippen LogP contribution in [0.25, 0.3) is 10.9 Å². The number of likely N-dealkylation sites (tertiary alicyclic amines) is 1. The second kappa shape index (κ2) is 14.1. The first-order valence-corrected chi connectivity index (χ1v) is 18.0. The van der Waals surface area contributed by atoms with E-state index in [0.717, 1.165) is 77.4 Å². The molecule has 3 heterocycles. The molecule has 3 N–H and O–H groups in total. The number of rotatable bonds is 9. The molecule has 3 aromatic rings. The lowest BCUT2D eigenvalue weighted by atomic mass is 9.71. The van der Waals surface area contributed by atoms with Gasteiger partial charge >= 0.3 is 6.18 Å². The Hall–Kier alpha value is -3.93. The normalized spacial score (nSPS) is 21.0. The highest BCUT2D eigenvalue weighted by Crippen LogP contribution is 2.43. The molecule has 1 amide bonds. The number of ether oxygens (including phenoxy) is 2. The molecule has 2 aliphatic heterocycles. The Balaban J connectivity index is 1.13. The molecular formula is C35H42F3N5O5S. The summed E-state index contributed by atoms with van der Waals surface area (Å²) in [5.41, 5.74) is 2.35. The SMILES string of the molecule is COc1cc(S(=O)(=O)NC(C)=O)ccc1NCC#Cc1cc2c(N[C@H]3CC[C@H](N4CC5(CCOCC5)C4)CC3)cccc2n1CC(F)(F)F. The van der Waals surface area contributed by atoms with E-state index < -0.39 is 28.7 Å². The topological polar surface area (TPSA) is 114 Å². The number of carbonyl (C=O) groups is 1. The zero-order valence-corrected chi connectivity index (χ0v) is 28.5. The van der Waals surface area contributed by atoms with Crippen LogP contribution in [0.1, 0.15) is 51.1 Å². The fourth-order valence-electron chi connectivity index (χ4n) is 7.37. The van der Waals surface area contributed by atoms with Crippen LogP contribution in [0, 0.1) is 17.3 Å². The molecule has 3 aliphatic rings. The first-order valence-electron chi connectivity index (χ1n) is 16.6. The Kier molecular flexibility index (Phi) is 10.1. The summed E-state index contributed by atoms with van der Waals surface area (Å²) in [6.45, 7) is 4.02. The van der Waals surface area contributed by atoms with Crippen molar-refractivity contribution in [2.24, 2.45) is 5.41 Å². The molecule has 0 atom stereocenters. The van der Waals surface area contributed by atoms with Gasteiger partial charge in [-0.05, 0) is 74.8 Å². The highest BCUT2D eigenvalue weighted by molar-refractivity contribution is 7.90. The van der Waals surface area contributed by atoms with Crippen LogP contribution >= 0.6 is 0 Å². The molecule has 0 bridgehead atoms. The molecule has 1 saturated carbocycles. The van der Waals surface area contributed by atoms with Gasteiger partial charge in [-0.25, -0.2) is 13.1 Å². The van der Waals surface area contributed by atoms with Crippen molar-refractivity contribution < 1.29 is 35.9 Å². The zero-order valence-electron chi connectivity index (χ0n) is 27.7. The number of hydrogen-bond acceptors (Lipinski definition) is 8. The molecule has 3 fully saturated rings. The predicted octanol–water partition coefficient (Wildman–Crippen LogP) is 5.34. The minimum atomic E-state index is -4.45. The van der Waals surface area contributed by atoms with Crippen molar-refractivity contribution in [3.05, 3.63) is 48.2 Å². The van der Waals surface area contributed by atoms with E-state index in [9.17, 15) is 26.4 Å². The lowest BCUT2D eigenvalue weighted by molar-refractivity contribution is -0.140. The van der Waals surface area contributed by atoms with Gasteiger partial charge in [-0.3, -0.25) is 9.69 Å². The predicted molar refractivity (Wildman–Crippen MR) is 181 cm³/mol. The van der Waals surface area contributed by atoms with Crippen molar-refractivity contribution in [3.63, 3.8) is 0 Å². The van der Waals surface area contributed by atoms with Crippen molar-refractivity contribution in [1.29, 1.82) is 0 Å². The lowest BCUT2D eigenvalue weighted by Crippen LogP contribution is -2.62. The highest BCUT2D eigenvalue weighted by atomic mass is 32.2. The number of amides is 1. The van der Waals surface area contributed by atoms with Crippen LogP contribution in [0.5, 0.6) is 5.75 Å². The van der Waals surface area contributed by atoms with Crippen molar-refractivity contribution in [1.82, 2.24) is 14.2 Å². The Morgan fingerprint density at radius 2 is 1.80 bits per heavy atom. The second-order valence-electron chi connectivity index (χ2n) is 13.3. The van der Waals surface area contributed by atoms with Crippen LogP contribution in [0.4, 0.5) is 24.5 Å². The quantitative estimate of drug-likeness (QED) is 0.257. The van der Waals surface area contributed by atoms with Crippen LogP contribution in [-0.4, -0.2) is 82.0 Å². The number of nitrogens with zero attached hydrogens (tertiary/aromatic N) is 2. The maximum atomic E-state index is 13.7. The largest absolute Gasteiger partial charge is 0.495 e. The minimum Gasteiger partial charge on any atom is -0.495 e. The molecule has 0 unspecified atom stereocenters. The number of methoxy groups -OCH3 is 1. The van der Waals surface area contributed by atoms with Crippen LogP contribution in [0.15, 0.2) is 47.4 Å². The Morgan fingerprint density at radius 1 is 1.06 bits per heavy atom. The fraction of sp³-hybridized carbons (Fsp3) is 0.514. The van der Waals surface area contributed by atoms with E-state index in [-0.39, 0.29) is 28.9 Å². The van der Waals surface area contributed by atoms with Crippen LogP contribution in [-0.2, 0) is 26.1 Å². The molecular weight excluding hydrogens is 659 g/mol. The first kappa shape index (κ1) is 34.9. The summed E-state index contributed by atoms with van der Waals surface area (Å²) in [6.07, 6.45) is 2.04.